The summed E-state index contributed by atoms with van der Waals surface area (Å²) in [6.45, 7) is -0.869. The topological polar surface area (TPSA) is 114 Å². The number of hydrogen-bond donors (Lipinski definition) is 1. The lowest BCUT2D eigenvalue weighted by Crippen LogP contribution is -2.19. The van der Waals surface area contributed by atoms with Crippen LogP contribution in [0, 0.1) is 0 Å². The highest BCUT2D eigenvalue weighted by Gasteiger charge is 2.31. The summed E-state index contributed by atoms with van der Waals surface area (Å²) >= 11 is 1.28. The van der Waals surface area contributed by atoms with E-state index in [2.05, 4.69) is 20.2 Å². The van der Waals surface area contributed by atoms with Crippen molar-refractivity contribution in [3.63, 3.8) is 0 Å². The summed E-state index contributed by atoms with van der Waals surface area (Å²) in [6.07, 6.45) is 0.569. The highest BCUT2D eigenvalue weighted by Crippen LogP contribution is 2.41. The molecule has 3 aromatic heterocycles. The minimum absolute atomic E-state index is 0.0225. The van der Waals surface area contributed by atoms with Crippen LogP contribution in [-0.2, 0) is 24.3 Å². The Bertz CT molecular complexity index is 1340. The van der Waals surface area contributed by atoms with Crippen LogP contribution in [0.4, 0.5) is 13.2 Å². The number of amides is 1. The van der Waals surface area contributed by atoms with Gasteiger partial charge in [0.15, 0.2) is 10.8 Å². The molecule has 0 aliphatic carbocycles. The van der Waals surface area contributed by atoms with Gasteiger partial charge in [0.2, 0.25) is 5.91 Å². The van der Waals surface area contributed by atoms with Gasteiger partial charge in [-0.25, -0.2) is 14.6 Å². The van der Waals surface area contributed by atoms with Crippen molar-refractivity contribution in [2.45, 2.75) is 25.7 Å². The molecular formula is C20H16F3N7O2S. The molecular weight excluding hydrogens is 459 g/mol. The third-order valence-corrected chi connectivity index (χ3v) is 6.05. The van der Waals surface area contributed by atoms with Crippen molar-refractivity contribution in [1.82, 2.24) is 29.5 Å². The first-order valence-corrected chi connectivity index (χ1v) is 10.6. The number of alkyl halides is 3. The van der Waals surface area contributed by atoms with Gasteiger partial charge in [-0.3, -0.25) is 9.48 Å². The molecule has 2 N–H and O–H groups in total. The molecule has 4 aromatic rings. The van der Waals surface area contributed by atoms with Crippen molar-refractivity contribution in [3.8, 4) is 39.0 Å². The lowest BCUT2D eigenvalue weighted by atomic mass is 10.0. The van der Waals surface area contributed by atoms with E-state index in [1.54, 1.807) is 12.4 Å². The maximum Gasteiger partial charge on any atom is 0.408 e. The number of carbonyl (C=O) groups excluding carboxylic acids is 1. The minimum atomic E-state index is -4.42. The Morgan fingerprint density at radius 1 is 1.24 bits per heavy atom. The van der Waals surface area contributed by atoms with Crippen molar-refractivity contribution in [1.29, 1.82) is 0 Å². The van der Waals surface area contributed by atoms with E-state index in [9.17, 15) is 18.0 Å². The number of fused-ring (bicyclic) bond motifs is 3. The number of halogens is 3. The molecule has 0 atom stereocenters. The second-order valence-electron chi connectivity index (χ2n) is 7.35. The van der Waals surface area contributed by atoms with Gasteiger partial charge in [-0.05, 0) is 17.7 Å². The second-order valence-corrected chi connectivity index (χ2v) is 8.43. The van der Waals surface area contributed by atoms with Gasteiger partial charge in [0.25, 0.3) is 0 Å². The highest BCUT2D eigenvalue weighted by atomic mass is 32.1. The van der Waals surface area contributed by atoms with Gasteiger partial charge in [-0.1, -0.05) is 6.07 Å². The molecule has 9 nitrogen and oxygen atoms in total. The maximum atomic E-state index is 12.9. The van der Waals surface area contributed by atoms with E-state index in [4.69, 9.17) is 10.5 Å². The molecule has 1 amide bonds. The first kappa shape index (κ1) is 21.1. The monoisotopic (exact) mass is 475 g/mol. The highest BCUT2D eigenvalue weighted by molar-refractivity contribution is 7.15. The fourth-order valence-corrected chi connectivity index (χ4v) is 4.63. The summed E-state index contributed by atoms with van der Waals surface area (Å²) in [5, 5.41) is 8.20. The van der Waals surface area contributed by atoms with Crippen molar-refractivity contribution < 1.29 is 22.7 Å². The largest absolute Gasteiger partial charge is 0.492 e. The van der Waals surface area contributed by atoms with Gasteiger partial charge < -0.3 is 10.5 Å². The summed E-state index contributed by atoms with van der Waals surface area (Å²) in [5.41, 5.74) is 8.21. The van der Waals surface area contributed by atoms with Crippen LogP contribution in [0.1, 0.15) is 4.88 Å². The van der Waals surface area contributed by atoms with Gasteiger partial charge in [-0.2, -0.15) is 23.4 Å². The van der Waals surface area contributed by atoms with E-state index < -0.39 is 18.6 Å². The van der Waals surface area contributed by atoms with Crippen molar-refractivity contribution in [3.05, 3.63) is 41.8 Å². The number of thiazole rings is 1. The Kier molecular flexibility index (Phi) is 5.12. The number of rotatable bonds is 5. The molecule has 5 rings (SSSR count). The first-order valence-electron chi connectivity index (χ1n) is 9.80. The lowest BCUT2D eigenvalue weighted by molar-refractivity contribution is -0.142. The number of aromatic nitrogens is 6. The molecule has 0 saturated carbocycles. The van der Waals surface area contributed by atoms with Gasteiger partial charge >= 0.3 is 6.18 Å². The average molecular weight is 475 g/mol. The number of ether oxygens (including phenoxy) is 1. The summed E-state index contributed by atoms with van der Waals surface area (Å²) in [7, 11) is 0. The Morgan fingerprint density at radius 3 is 2.88 bits per heavy atom. The fraction of sp³-hybridized carbons (Fsp3) is 0.250. The second kappa shape index (κ2) is 7.99. The fourth-order valence-electron chi connectivity index (χ4n) is 3.57. The molecule has 0 bridgehead atoms. The predicted octanol–water partition coefficient (Wildman–Crippen LogP) is 2.91. The number of nitrogens with zero attached hydrogens (tertiary/aromatic N) is 6. The molecule has 1 aliphatic rings. The summed E-state index contributed by atoms with van der Waals surface area (Å²) in [4.78, 5) is 20.6. The van der Waals surface area contributed by atoms with Gasteiger partial charge in [0.05, 0.1) is 18.5 Å². The zero-order valence-electron chi connectivity index (χ0n) is 16.9. The van der Waals surface area contributed by atoms with Crippen LogP contribution in [0.5, 0.6) is 5.75 Å². The zero-order valence-corrected chi connectivity index (χ0v) is 17.7. The quantitative estimate of drug-likeness (QED) is 0.475. The number of benzene rings is 1. The van der Waals surface area contributed by atoms with Crippen molar-refractivity contribution >= 4 is 17.2 Å². The molecule has 170 valence electrons. The molecule has 13 heteroatoms. The molecule has 0 saturated heterocycles. The van der Waals surface area contributed by atoms with Crippen LogP contribution < -0.4 is 10.5 Å². The van der Waals surface area contributed by atoms with Gasteiger partial charge in [0, 0.05) is 28.6 Å². The Morgan fingerprint density at radius 2 is 2.09 bits per heavy atom. The third kappa shape index (κ3) is 4.31. The van der Waals surface area contributed by atoms with Crippen LogP contribution in [0.25, 0.3) is 33.2 Å². The summed E-state index contributed by atoms with van der Waals surface area (Å²) in [6, 6.07) is 5.57. The number of hydrogen-bond acceptors (Lipinski definition) is 7. The molecule has 1 aliphatic heterocycles. The Hall–Kier alpha value is -3.74. The van der Waals surface area contributed by atoms with Crippen molar-refractivity contribution in [2.24, 2.45) is 5.73 Å². The standard InChI is InChI=1S/C20H16F3N7O2S/c21-20(22,23)9-30-18(25-10-27-30)19-28-17-13-2-1-11(5-14(13)32-4-3-15(17)33-19)12-6-26-29(7-12)8-16(24)31/h1-2,5-7,10H,3-4,8-9H2,(H2,24,31). The third-order valence-electron chi connectivity index (χ3n) is 4.94. The number of primary amides is 1. The lowest BCUT2D eigenvalue weighted by Gasteiger charge is -2.09. The number of nitrogens with two attached hydrogens (primary N) is 1. The smallest absolute Gasteiger partial charge is 0.408 e. The van der Waals surface area contributed by atoms with Gasteiger partial charge in [0.1, 0.15) is 25.2 Å². The minimum Gasteiger partial charge on any atom is -0.492 e. The Balaban J connectivity index is 1.49. The Labute approximate surface area is 188 Å². The van der Waals surface area contributed by atoms with Crippen molar-refractivity contribution in [2.75, 3.05) is 6.61 Å². The molecule has 0 spiro atoms. The molecule has 0 unspecified atom stereocenters. The van der Waals surface area contributed by atoms with Crippen LogP contribution in [-0.4, -0.2) is 48.2 Å². The van der Waals surface area contributed by atoms with E-state index in [-0.39, 0.29) is 12.4 Å². The van der Waals surface area contributed by atoms with Crippen LogP contribution in [0.2, 0.25) is 0 Å². The van der Waals surface area contributed by atoms with Crippen LogP contribution in [0.3, 0.4) is 0 Å². The maximum absolute atomic E-state index is 12.9. The zero-order chi connectivity index (χ0) is 23.2. The van der Waals surface area contributed by atoms with Gasteiger partial charge in [-0.15, -0.1) is 11.3 Å². The molecule has 4 heterocycles. The normalized spacial score (nSPS) is 13.2. The molecule has 0 fully saturated rings. The van der Waals surface area contributed by atoms with Crippen LogP contribution in [0.15, 0.2) is 36.9 Å². The molecule has 1 aromatic carbocycles. The van der Waals surface area contributed by atoms with E-state index >= 15 is 0 Å². The molecule has 33 heavy (non-hydrogen) atoms. The number of carbonyl (C=O) groups is 1. The van der Waals surface area contributed by atoms with E-state index in [0.717, 1.165) is 32.6 Å². The summed E-state index contributed by atoms with van der Waals surface area (Å²) in [5.74, 6) is 0.182. The average Bonchev–Trinajstić information content (AvgIpc) is 3.45. The van der Waals surface area contributed by atoms with E-state index in [1.807, 2.05) is 18.2 Å². The summed E-state index contributed by atoms with van der Waals surface area (Å²) < 4.78 is 46.8. The first-order chi connectivity index (χ1) is 15.8. The SMILES string of the molecule is NC(=O)Cn1cc(-c2ccc3c(c2)OCCc2sc(-c4ncnn4CC(F)(F)F)nc2-3)cn1. The van der Waals surface area contributed by atoms with Crippen LogP contribution >= 0.6 is 11.3 Å². The molecule has 0 radical (unpaired) electrons. The van der Waals surface area contributed by atoms with E-state index in [0.29, 0.717) is 29.5 Å². The van der Waals surface area contributed by atoms with E-state index in [1.165, 1.54) is 16.0 Å². The predicted molar refractivity (Wildman–Crippen MR) is 112 cm³/mol.